The van der Waals surface area contributed by atoms with Gasteiger partial charge in [-0.15, -0.1) is 0 Å². The van der Waals surface area contributed by atoms with Crippen molar-refractivity contribution < 1.29 is 13.2 Å². The van der Waals surface area contributed by atoms with Gasteiger partial charge in [0.2, 0.25) is 0 Å². The lowest BCUT2D eigenvalue weighted by molar-refractivity contribution is 0.453. The van der Waals surface area contributed by atoms with Gasteiger partial charge in [0.25, 0.3) is 0 Å². The molecule has 1 saturated heterocycles. The maximum absolute atomic E-state index is 13.6. The zero-order chi connectivity index (χ0) is 14.5. The van der Waals surface area contributed by atoms with E-state index in [9.17, 15) is 13.2 Å². The molecule has 2 N–H and O–H groups in total. The molecule has 1 fully saturated rings. The average Bonchev–Trinajstić information content (AvgIpc) is 2.64. The van der Waals surface area contributed by atoms with Crippen LogP contribution in [0.1, 0.15) is 39.0 Å². The number of benzene rings is 1. The monoisotopic (exact) mass is 286 g/mol. The summed E-state index contributed by atoms with van der Waals surface area (Å²) in [5.41, 5.74) is -0.108. The van der Waals surface area contributed by atoms with Crippen LogP contribution in [0.3, 0.4) is 0 Å². The molecule has 112 valence electrons. The SMILES string of the molecule is CC(CC1CCCCCN1)Nc1cc(F)cc(F)c1F. The zero-order valence-electron chi connectivity index (χ0n) is 11.7. The highest BCUT2D eigenvalue weighted by Gasteiger charge is 2.17. The van der Waals surface area contributed by atoms with Crippen LogP contribution in [0.25, 0.3) is 0 Å². The van der Waals surface area contributed by atoms with Crippen molar-refractivity contribution in [2.75, 3.05) is 11.9 Å². The van der Waals surface area contributed by atoms with Crippen LogP contribution in [0.5, 0.6) is 0 Å². The average molecular weight is 286 g/mol. The maximum Gasteiger partial charge on any atom is 0.182 e. The molecule has 5 heteroatoms. The normalized spacial score (nSPS) is 21.3. The zero-order valence-corrected chi connectivity index (χ0v) is 11.7. The second-order valence-corrected chi connectivity index (χ2v) is 5.53. The van der Waals surface area contributed by atoms with E-state index in [4.69, 9.17) is 0 Å². The van der Waals surface area contributed by atoms with Crippen LogP contribution in [0.15, 0.2) is 12.1 Å². The van der Waals surface area contributed by atoms with Crippen molar-refractivity contribution in [2.24, 2.45) is 0 Å². The lowest BCUT2D eigenvalue weighted by Crippen LogP contribution is -2.33. The Bertz CT molecular complexity index is 443. The van der Waals surface area contributed by atoms with Gasteiger partial charge in [0, 0.05) is 24.2 Å². The first-order valence-corrected chi connectivity index (χ1v) is 7.20. The van der Waals surface area contributed by atoms with Gasteiger partial charge in [-0.1, -0.05) is 12.8 Å². The summed E-state index contributed by atoms with van der Waals surface area (Å²) in [4.78, 5) is 0. The van der Waals surface area contributed by atoms with Crippen LogP contribution in [-0.2, 0) is 0 Å². The van der Waals surface area contributed by atoms with E-state index in [1.54, 1.807) is 0 Å². The van der Waals surface area contributed by atoms with Gasteiger partial charge in [0.05, 0.1) is 5.69 Å². The van der Waals surface area contributed by atoms with Crippen LogP contribution in [0.2, 0.25) is 0 Å². The number of halogens is 3. The molecule has 0 aromatic heterocycles. The fraction of sp³-hybridized carbons (Fsp3) is 0.600. The highest BCUT2D eigenvalue weighted by Crippen LogP contribution is 2.21. The molecule has 2 unspecified atom stereocenters. The molecule has 1 aromatic rings. The summed E-state index contributed by atoms with van der Waals surface area (Å²) < 4.78 is 39.8. The van der Waals surface area contributed by atoms with Crippen molar-refractivity contribution in [1.82, 2.24) is 5.32 Å². The van der Waals surface area contributed by atoms with Gasteiger partial charge in [0.1, 0.15) is 5.82 Å². The van der Waals surface area contributed by atoms with Gasteiger partial charge in [-0.25, -0.2) is 13.2 Å². The summed E-state index contributed by atoms with van der Waals surface area (Å²) in [6.45, 7) is 2.90. The fourth-order valence-corrected chi connectivity index (χ4v) is 2.71. The maximum atomic E-state index is 13.6. The molecule has 1 aliphatic rings. The van der Waals surface area contributed by atoms with Gasteiger partial charge in [0.15, 0.2) is 11.6 Å². The van der Waals surface area contributed by atoms with E-state index < -0.39 is 17.5 Å². The Morgan fingerprint density at radius 1 is 1.25 bits per heavy atom. The molecule has 2 atom stereocenters. The van der Waals surface area contributed by atoms with Gasteiger partial charge in [-0.2, -0.15) is 0 Å². The smallest absolute Gasteiger partial charge is 0.182 e. The number of nitrogens with one attached hydrogen (secondary N) is 2. The Morgan fingerprint density at radius 3 is 2.85 bits per heavy atom. The molecule has 20 heavy (non-hydrogen) atoms. The second kappa shape index (κ2) is 6.97. The first kappa shape index (κ1) is 15.2. The lowest BCUT2D eigenvalue weighted by atomic mass is 10.0. The number of hydrogen-bond donors (Lipinski definition) is 2. The van der Waals surface area contributed by atoms with Crippen molar-refractivity contribution in [2.45, 2.75) is 51.1 Å². The molecular formula is C15H21F3N2. The van der Waals surface area contributed by atoms with Crippen molar-refractivity contribution in [3.05, 3.63) is 29.6 Å². The third-order valence-corrected chi connectivity index (χ3v) is 3.70. The number of rotatable bonds is 4. The molecule has 0 radical (unpaired) electrons. The lowest BCUT2D eigenvalue weighted by Gasteiger charge is -2.22. The summed E-state index contributed by atoms with van der Waals surface area (Å²) in [5, 5.41) is 6.32. The van der Waals surface area contributed by atoms with Gasteiger partial charge in [-0.05, 0) is 32.7 Å². The van der Waals surface area contributed by atoms with E-state index in [-0.39, 0.29) is 11.7 Å². The minimum absolute atomic E-state index is 0.0544. The molecule has 0 amide bonds. The van der Waals surface area contributed by atoms with Crippen molar-refractivity contribution in [3.63, 3.8) is 0 Å². The molecule has 1 aliphatic heterocycles. The first-order chi connectivity index (χ1) is 9.56. The second-order valence-electron chi connectivity index (χ2n) is 5.53. The van der Waals surface area contributed by atoms with E-state index in [0.717, 1.165) is 25.5 Å². The van der Waals surface area contributed by atoms with Crippen molar-refractivity contribution >= 4 is 5.69 Å². The molecular weight excluding hydrogens is 265 g/mol. The highest BCUT2D eigenvalue weighted by atomic mass is 19.2. The Labute approximate surface area is 117 Å². The van der Waals surface area contributed by atoms with E-state index in [0.29, 0.717) is 12.1 Å². The Kier molecular flexibility index (Phi) is 5.29. The summed E-state index contributed by atoms with van der Waals surface area (Å²) in [6, 6.07) is 1.87. The standard InChI is InChI=1S/C15H21F3N2/c1-10(7-12-5-3-2-4-6-19-12)20-14-9-11(16)8-13(17)15(14)18/h8-10,12,19-20H,2-7H2,1H3. The summed E-state index contributed by atoms with van der Waals surface area (Å²) in [6.07, 6.45) is 5.49. The van der Waals surface area contributed by atoms with Crippen molar-refractivity contribution in [1.29, 1.82) is 0 Å². The van der Waals surface area contributed by atoms with E-state index in [1.165, 1.54) is 19.3 Å². The molecule has 2 nitrogen and oxygen atoms in total. The predicted molar refractivity (Wildman–Crippen MR) is 74.3 cm³/mol. The molecule has 0 bridgehead atoms. The largest absolute Gasteiger partial charge is 0.380 e. The van der Waals surface area contributed by atoms with Gasteiger partial charge >= 0.3 is 0 Å². The van der Waals surface area contributed by atoms with Crippen LogP contribution >= 0.6 is 0 Å². The highest BCUT2D eigenvalue weighted by molar-refractivity contribution is 5.46. The number of hydrogen-bond acceptors (Lipinski definition) is 2. The van der Waals surface area contributed by atoms with E-state index in [1.807, 2.05) is 6.92 Å². The molecule has 1 aromatic carbocycles. The molecule has 0 saturated carbocycles. The predicted octanol–water partition coefficient (Wildman–Crippen LogP) is 3.83. The van der Waals surface area contributed by atoms with Crippen molar-refractivity contribution in [3.8, 4) is 0 Å². The van der Waals surface area contributed by atoms with Crippen LogP contribution < -0.4 is 10.6 Å². The quantitative estimate of drug-likeness (QED) is 0.822. The first-order valence-electron chi connectivity index (χ1n) is 7.20. The molecule has 1 heterocycles. The molecule has 0 spiro atoms. The van der Waals surface area contributed by atoms with E-state index >= 15 is 0 Å². The topological polar surface area (TPSA) is 24.1 Å². The third-order valence-electron chi connectivity index (χ3n) is 3.70. The molecule has 2 rings (SSSR count). The van der Waals surface area contributed by atoms with Gasteiger partial charge < -0.3 is 10.6 Å². The Morgan fingerprint density at radius 2 is 2.05 bits per heavy atom. The minimum atomic E-state index is -1.16. The summed E-state index contributed by atoms with van der Waals surface area (Å²) in [7, 11) is 0. The molecule has 0 aliphatic carbocycles. The van der Waals surface area contributed by atoms with Crippen LogP contribution in [-0.4, -0.2) is 18.6 Å². The Balaban J connectivity index is 1.95. The fourth-order valence-electron chi connectivity index (χ4n) is 2.71. The van der Waals surface area contributed by atoms with Crippen LogP contribution in [0, 0.1) is 17.5 Å². The van der Waals surface area contributed by atoms with E-state index in [2.05, 4.69) is 10.6 Å². The number of anilines is 1. The minimum Gasteiger partial charge on any atom is -0.380 e. The Hall–Kier alpha value is -1.23. The van der Waals surface area contributed by atoms with Gasteiger partial charge in [-0.3, -0.25) is 0 Å². The van der Waals surface area contributed by atoms with Crippen LogP contribution in [0.4, 0.5) is 18.9 Å². The summed E-state index contributed by atoms with van der Waals surface area (Å²) in [5.74, 6) is -2.95. The third kappa shape index (κ3) is 4.13. The summed E-state index contributed by atoms with van der Waals surface area (Å²) >= 11 is 0.